The second kappa shape index (κ2) is 2.73. The molecule has 0 N–H and O–H groups in total. The molecular weight excluding hydrogens is 158 g/mol. The van der Waals surface area contributed by atoms with E-state index in [1.54, 1.807) is 25.7 Å². The van der Waals surface area contributed by atoms with Gasteiger partial charge in [-0.15, -0.1) is 0 Å². The van der Waals surface area contributed by atoms with Crippen molar-refractivity contribution in [1.82, 2.24) is 4.90 Å². The van der Waals surface area contributed by atoms with Crippen LogP contribution in [0.2, 0.25) is 0 Å². The number of rotatable bonds is 0. The number of fused-ring (bicyclic) bond motifs is 2. The first-order valence-corrected chi connectivity index (χ1v) is 5.99. The van der Waals surface area contributed by atoms with Crippen LogP contribution in [0.1, 0.15) is 38.5 Å². The summed E-state index contributed by atoms with van der Waals surface area (Å²) < 4.78 is 0. The van der Waals surface area contributed by atoms with Crippen LogP contribution in [0.15, 0.2) is 0 Å². The Balaban J connectivity index is 1.75. The SMILES string of the molecule is CN1CCC2(CCC3CCC32)CC1. The van der Waals surface area contributed by atoms with Gasteiger partial charge < -0.3 is 4.90 Å². The zero-order valence-corrected chi connectivity index (χ0v) is 8.76. The lowest BCUT2D eigenvalue weighted by molar-refractivity contribution is 0.0256. The molecule has 74 valence electrons. The summed E-state index contributed by atoms with van der Waals surface area (Å²) in [4.78, 5) is 2.51. The summed E-state index contributed by atoms with van der Waals surface area (Å²) in [6, 6.07) is 0. The van der Waals surface area contributed by atoms with Crippen LogP contribution in [0.4, 0.5) is 0 Å². The van der Waals surface area contributed by atoms with Gasteiger partial charge in [-0.3, -0.25) is 0 Å². The van der Waals surface area contributed by atoms with Gasteiger partial charge in [0.25, 0.3) is 0 Å². The summed E-state index contributed by atoms with van der Waals surface area (Å²) in [6.07, 6.45) is 9.26. The molecule has 1 heterocycles. The summed E-state index contributed by atoms with van der Waals surface area (Å²) in [5.41, 5.74) is 0.829. The van der Waals surface area contributed by atoms with Gasteiger partial charge in [0, 0.05) is 0 Å². The molecule has 0 radical (unpaired) electrons. The zero-order chi connectivity index (χ0) is 8.89. The molecule has 13 heavy (non-hydrogen) atoms. The number of piperidine rings is 1. The van der Waals surface area contributed by atoms with Gasteiger partial charge in [-0.1, -0.05) is 0 Å². The van der Waals surface area contributed by atoms with Crippen molar-refractivity contribution in [2.75, 3.05) is 20.1 Å². The summed E-state index contributed by atoms with van der Waals surface area (Å²) in [5.74, 6) is 2.31. The van der Waals surface area contributed by atoms with Crippen molar-refractivity contribution in [1.29, 1.82) is 0 Å². The van der Waals surface area contributed by atoms with Crippen LogP contribution in [-0.2, 0) is 0 Å². The standard InChI is InChI=1S/C12H21N/c1-13-8-6-12(7-9-13)5-4-10-2-3-11(10)12/h10-11H,2-9H2,1H3. The van der Waals surface area contributed by atoms with Gasteiger partial charge in [0.05, 0.1) is 0 Å². The van der Waals surface area contributed by atoms with E-state index in [2.05, 4.69) is 11.9 Å². The number of hydrogen-bond donors (Lipinski definition) is 0. The van der Waals surface area contributed by atoms with Crippen molar-refractivity contribution < 1.29 is 0 Å². The van der Waals surface area contributed by atoms with Gasteiger partial charge in [-0.25, -0.2) is 0 Å². The molecule has 3 aliphatic rings. The van der Waals surface area contributed by atoms with Crippen molar-refractivity contribution in [2.24, 2.45) is 17.3 Å². The Morgan fingerprint density at radius 1 is 1.00 bits per heavy atom. The second-order valence-electron chi connectivity index (χ2n) is 5.65. The summed E-state index contributed by atoms with van der Waals surface area (Å²) in [6.45, 7) is 2.73. The van der Waals surface area contributed by atoms with Gasteiger partial charge in [0.15, 0.2) is 0 Å². The van der Waals surface area contributed by atoms with E-state index in [0.717, 1.165) is 17.3 Å². The molecule has 1 nitrogen and oxygen atoms in total. The average molecular weight is 179 g/mol. The molecule has 1 saturated heterocycles. The first-order valence-electron chi connectivity index (χ1n) is 5.99. The molecular formula is C12H21N. The first kappa shape index (κ1) is 8.28. The fraction of sp³-hybridized carbons (Fsp3) is 1.00. The van der Waals surface area contributed by atoms with E-state index >= 15 is 0 Å². The Kier molecular flexibility index (Phi) is 1.74. The molecule has 2 unspecified atom stereocenters. The van der Waals surface area contributed by atoms with E-state index in [4.69, 9.17) is 0 Å². The Labute approximate surface area is 81.5 Å². The zero-order valence-electron chi connectivity index (χ0n) is 8.76. The molecule has 1 spiro atoms. The normalized spacial score (nSPS) is 43.2. The molecule has 0 aromatic rings. The Morgan fingerprint density at radius 2 is 1.77 bits per heavy atom. The lowest BCUT2D eigenvalue weighted by Gasteiger charge is -2.47. The number of likely N-dealkylation sites (tertiary alicyclic amines) is 1. The summed E-state index contributed by atoms with van der Waals surface area (Å²) in [7, 11) is 2.28. The average Bonchev–Trinajstić information content (AvgIpc) is 2.30. The molecule has 0 amide bonds. The Bertz CT molecular complexity index is 203. The van der Waals surface area contributed by atoms with Gasteiger partial charge in [-0.05, 0) is 75.9 Å². The fourth-order valence-corrected chi connectivity index (χ4v) is 4.06. The van der Waals surface area contributed by atoms with Crippen LogP contribution in [0.25, 0.3) is 0 Å². The first-order chi connectivity index (χ1) is 6.30. The lowest BCUT2D eigenvalue weighted by atomic mass is 9.61. The molecule has 0 bridgehead atoms. The highest BCUT2D eigenvalue weighted by molar-refractivity contribution is 5.03. The van der Waals surface area contributed by atoms with E-state index in [9.17, 15) is 0 Å². The van der Waals surface area contributed by atoms with E-state index in [1.165, 1.54) is 25.9 Å². The Hall–Kier alpha value is -0.0400. The quantitative estimate of drug-likeness (QED) is 0.552. The van der Waals surface area contributed by atoms with Gasteiger partial charge >= 0.3 is 0 Å². The fourth-order valence-electron chi connectivity index (χ4n) is 4.06. The largest absolute Gasteiger partial charge is 0.306 e. The minimum absolute atomic E-state index is 0.829. The highest BCUT2D eigenvalue weighted by Crippen LogP contribution is 2.61. The number of hydrogen-bond acceptors (Lipinski definition) is 1. The molecule has 0 aromatic heterocycles. The minimum Gasteiger partial charge on any atom is -0.306 e. The van der Waals surface area contributed by atoms with E-state index < -0.39 is 0 Å². The second-order valence-corrected chi connectivity index (χ2v) is 5.65. The predicted molar refractivity (Wildman–Crippen MR) is 54.6 cm³/mol. The van der Waals surface area contributed by atoms with Crippen LogP contribution in [0.5, 0.6) is 0 Å². The molecule has 2 atom stereocenters. The van der Waals surface area contributed by atoms with Crippen LogP contribution < -0.4 is 0 Å². The predicted octanol–water partition coefficient (Wildman–Crippen LogP) is 2.52. The van der Waals surface area contributed by atoms with Crippen molar-refractivity contribution in [2.45, 2.75) is 38.5 Å². The molecule has 3 fully saturated rings. The smallest absolute Gasteiger partial charge is 0.00164 e. The third-order valence-corrected chi connectivity index (χ3v) is 5.20. The van der Waals surface area contributed by atoms with Gasteiger partial charge in [0.2, 0.25) is 0 Å². The van der Waals surface area contributed by atoms with E-state index in [1.807, 2.05) is 0 Å². The van der Waals surface area contributed by atoms with Gasteiger partial charge in [-0.2, -0.15) is 0 Å². The van der Waals surface area contributed by atoms with E-state index in [0.29, 0.717) is 0 Å². The number of nitrogens with zero attached hydrogens (tertiary/aromatic N) is 1. The van der Waals surface area contributed by atoms with Crippen molar-refractivity contribution in [3.05, 3.63) is 0 Å². The third-order valence-electron chi connectivity index (χ3n) is 5.20. The monoisotopic (exact) mass is 179 g/mol. The third kappa shape index (κ3) is 1.09. The van der Waals surface area contributed by atoms with Crippen molar-refractivity contribution in [3.63, 3.8) is 0 Å². The lowest BCUT2D eigenvalue weighted by Crippen LogP contribution is -2.43. The maximum absolute atomic E-state index is 2.51. The van der Waals surface area contributed by atoms with Crippen LogP contribution in [0.3, 0.4) is 0 Å². The maximum Gasteiger partial charge on any atom is -0.00164 e. The van der Waals surface area contributed by atoms with Crippen molar-refractivity contribution >= 4 is 0 Å². The molecule has 3 rings (SSSR count). The highest BCUT2D eigenvalue weighted by Gasteiger charge is 2.52. The molecule has 0 aromatic carbocycles. The van der Waals surface area contributed by atoms with Crippen LogP contribution in [0, 0.1) is 17.3 Å². The Morgan fingerprint density at radius 3 is 2.31 bits per heavy atom. The summed E-state index contributed by atoms with van der Waals surface area (Å²) >= 11 is 0. The molecule has 1 aliphatic heterocycles. The minimum atomic E-state index is 0.829. The molecule has 2 saturated carbocycles. The molecule has 2 aliphatic carbocycles. The topological polar surface area (TPSA) is 3.24 Å². The summed E-state index contributed by atoms with van der Waals surface area (Å²) in [5, 5.41) is 0. The van der Waals surface area contributed by atoms with Crippen LogP contribution in [-0.4, -0.2) is 25.0 Å². The van der Waals surface area contributed by atoms with Crippen LogP contribution >= 0.6 is 0 Å². The van der Waals surface area contributed by atoms with Crippen molar-refractivity contribution in [3.8, 4) is 0 Å². The maximum atomic E-state index is 2.51. The van der Waals surface area contributed by atoms with Gasteiger partial charge in [0.1, 0.15) is 0 Å². The molecule has 1 heteroatoms. The van der Waals surface area contributed by atoms with E-state index in [-0.39, 0.29) is 0 Å². The highest BCUT2D eigenvalue weighted by atomic mass is 15.1.